The van der Waals surface area contributed by atoms with E-state index in [4.69, 9.17) is 5.11 Å². The van der Waals surface area contributed by atoms with E-state index in [0.717, 1.165) is 19.3 Å². The van der Waals surface area contributed by atoms with Crippen molar-refractivity contribution in [3.63, 3.8) is 0 Å². The summed E-state index contributed by atoms with van der Waals surface area (Å²) in [7, 11) is -2.41. The van der Waals surface area contributed by atoms with E-state index >= 15 is 0 Å². The Hall–Kier alpha value is 0.300. The molecule has 0 aliphatic heterocycles. The van der Waals surface area contributed by atoms with E-state index in [9.17, 15) is 22.9 Å². The Morgan fingerprint density at radius 2 is 1.54 bits per heavy atom. The fraction of sp³-hybridized carbons (Fsp3) is 0.933. The average molecular weight is 376 g/mol. The Morgan fingerprint density at radius 3 is 1.88 bits per heavy atom. The van der Waals surface area contributed by atoms with Gasteiger partial charge in [0.05, 0.1) is 27.9 Å². The number of aliphatic hydroxyl groups is 1. The quantitative estimate of drug-likeness (QED) is 0.204. The van der Waals surface area contributed by atoms with E-state index < -0.39 is 22.2 Å². The maximum atomic E-state index is 10.2. The fourth-order valence-corrected chi connectivity index (χ4v) is 2.27. The molecule has 0 heterocycles. The van der Waals surface area contributed by atoms with Gasteiger partial charge in [0.1, 0.15) is 0 Å². The van der Waals surface area contributed by atoms with Crippen molar-refractivity contribution in [2.45, 2.75) is 70.8 Å². The van der Waals surface area contributed by atoms with E-state index in [2.05, 4.69) is 12.2 Å². The smallest absolute Gasteiger partial charge is 0.748 e. The van der Waals surface area contributed by atoms with Gasteiger partial charge in [-0.2, -0.15) is 0 Å². The molecule has 140 valence electrons. The molecule has 0 aromatic rings. The molecule has 1 atom stereocenters. The van der Waals surface area contributed by atoms with Crippen LogP contribution >= 0.6 is 0 Å². The zero-order chi connectivity index (χ0) is 18.1. The third-order valence-electron chi connectivity index (χ3n) is 3.21. The van der Waals surface area contributed by atoms with Crippen LogP contribution in [0.5, 0.6) is 0 Å². The van der Waals surface area contributed by atoms with Crippen LogP contribution in [0, 0.1) is 0 Å². The number of carbonyl (C=O) groups excluding carboxylic acids is 1. The normalized spacial score (nSPS) is 11.8. The summed E-state index contributed by atoms with van der Waals surface area (Å²) in [5.41, 5.74) is 0. The number of hydrogen-bond acceptors (Lipinski definition) is 7. The zero-order valence-corrected chi connectivity index (χ0v) is 18.1. The molecule has 0 aromatic heterocycles. The van der Waals surface area contributed by atoms with Gasteiger partial charge in [0, 0.05) is 6.54 Å². The van der Waals surface area contributed by atoms with Crippen molar-refractivity contribution in [2.24, 2.45) is 0 Å². The van der Waals surface area contributed by atoms with Crippen molar-refractivity contribution in [1.29, 1.82) is 0 Å². The summed E-state index contributed by atoms with van der Waals surface area (Å²) < 4.78 is 29.4. The Morgan fingerprint density at radius 1 is 1.08 bits per heavy atom. The molecule has 0 bridgehead atoms. The molecule has 24 heavy (non-hydrogen) atoms. The number of aliphatic carboxylic acids is 1. The Balaban J connectivity index is -0.000000419. The van der Waals surface area contributed by atoms with Crippen LogP contribution in [-0.4, -0.2) is 49.5 Å². The zero-order valence-electron chi connectivity index (χ0n) is 15.3. The molecule has 0 amide bonds. The Labute approximate surface area is 168 Å². The molecule has 0 radical (unpaired) electrons. The first kappa shape index (κ1) is 29.1. The van der Waals surface area contributed by atoms with Crippen LogP contribution in [-0.2, 0) is 14.9 Å². The molecular weight excluding hydrogens is 345 g/mol. The van der Waals surface area contributed by atoms with Gasteiger partial charge in [-0.25, -0.2) is 8.42 Å². The molecule has 0 saturated carbocycles. The van der Waals surface area contributed by atoms with Crippen LogP contribution in [0.25, 0.3) is 0 Å². The summed E-state index contributed by atoms with van der Waals surface area (Å²) in [6.07, 6.45) is 8.36. The maximum absolute atomic E-state index is 10.2. The number of unbranched alkanes of at least 4 members (excludes halogenated alkanes) is 7. The van der Waals surface area contributed by atoms with Gasteiger partial charge in [-0.15, -0.1) is 0 Å². The largest absolute Gasteiger partial charge is 1.00 e. The molecule has 7 nitrogen and oxygen atoms in total. The molecule has 0 aliphatic carbocycles. The van der Waals surface area contributed by atoms with E-state index in [0.29, 0.717) is 6.42 Å². The van der Waals surface area contributed by atoms with Crippen LogP contribution in [0.15, 0.2) is 0 Å². The van der Waals surface area contributed by atoms with Gasteiger partial charge < -0.3 is 24.9 Å². The molecule has 0 saturated heterocycles. The summed E-state index contributed by atoms with van der Waals surface area (Å²) >= 11 is 0. The Kier molecular flexibility index (Phi) is 23.8. The van der Waals surface area contributed by atoms with Crippen LogP contribution in [0.3, 0.4) is 0 Å². The van der Waals surface area contributed by atoms with E-state index in [-0.39, 0.29) is 41.9 Å². The molecular formula is C15H31NNaO6S-. The van der Waals surface area contributed by atoms with Gasteiger partial charge in [-0.05, 0) is 13.5 Å². The first-order valence-corrected chi connectivity index (χ1v) is 9.79. The molecule has 0 rings (SSSR count). The number of aliphatic hydroxyl groups excluding tert-OH is 1. The maximum Gasteiger partial charge on any atom is 1.00 e. The predicted octanol–water partition coefficient (Wildman–Crippen LogP) is -2.62. The predicted molar refractivity (Wildman–Crippen MR) is 86.7 cm³/mol. The number of nitrogens with one attached hydrogen (secondary N) is 1. The minimum absolute atomic E-state index is 0. The van der Waals surface area contributed by atoms with Gasteiger partial charge in [0.15, 0.2) is 0 Å². The standard InChI is InChI=1S/C12H24O3.C3H9NO3S.Na/c1-2-3-4-5-6-7-8-9-10-11(13)12(14)15;1-4-2-3-8(5,6)7;/h11,13H,2-10H2,1H3,(H,14,15);4H,2-3H2,1H3,(H,5,6,7);/q;;+1/p-2. The van der Waals surface area contributed by atoms with E-state index in [1.54, 1.807) is 7.05 Å². The molecule has 0 spiro atoms. The van der Waals surface area contributed by atoms with E-state index in [1.807, 2.05) is 0 Å². The van der Waals surface area contributed by atoms with Crippen LogP contribution < -0.4 is 40.0 Å². The molecule has 2 N–H and O–H groups in total. The average Bonchev–Trinajstić information content (AvgIpc) is 2.47. The SMILES string of the molecule is CCCCCCCCCCC(O)C(=O)[O-].CNCCS(=O)(=O)[O-].[Na+]. The molecule has 0 aromatic carbocycles. The molecule has 0 aliphatic rings. The van der Waals surface area contributed by atoms with Crippen molar-refractivity contribution in [2.75, 3.05) is 19.3 Å². The van der Waals surface area contributed by atoms with Crippen LogP contribution in [0.1, 0.15) is 64.7 Å². The van der Waals surface area contributed by atoms with Crippen molar-refractivity contribution in [3.05, 3.63) is 0 Å². The topological polar surface area (TPSA) is 130 Å². The van der Waals surface area contributed by atoms with Gasteiger partial charge in [-0.3, -0.25) is 0 Å². The van der Waals surface area contributed by atoms with Gasteiger partial charge >= 0.3 is 29.6 Å². The number of carboxylic acids is 1. The summed E-state index contributed by atoms with van der Waals surface area (Å²) in [6.45, 7) is 2.42. The van der Waals surface area contributed by atoms with E-state index in [1.165, 1.54) is 32.1 Å². The van der Waals surface area contributed by atoms with Crippen molar-refractivity contribution in [3.8, 4) is 0 Å². The monoisotopic (exact) mass is 376 g/mol. The van der Waals surface area contributed by atoms with Crippen LogP contribution in [0.2, 0.25) is 0 Å². The third-order valence-corrected chi connectivity index (χ3v) is 3.91. The summed E-state index contributed by atoms with van der Waals surface area (Å²) in [4.78, 5) is 10.2. The second-order valence-electron chi connectivity index (χ2n) is 5.46. The second-order valence-corrected chi connectivity index (χ2v) is 6.99. The summed E-state index contributed by atoms with van der Waals surface area (Å²) in [5, 5.41) is 21.7. The third kappa shape index (κ3) is 27.2. The van der Waals surface area contributed by atoms with Crippen molar-refractivity contribution in [1.82, 2.24) is 5.32 Å². The first-order valence-electron chi connectivity index (χ1n) is 8.21. The van der Waals surface area contributed by atoms with Gasteiger partial charge in [-0.1, -0.05) is 58.3 Å². The summed E-state index contributed by atoms with van der Waals surface area (Å²) in [5.74, 6) is -1.68. The number of carboxylic acid groups (broad SMARTS) is 1. The van der Waals surface area contributed by atoms with Crippen molar-refractivity contribution >= 4 is 16.1 Å². The van der Waals surface area contributed by atoms with Gasteiger partial charge in [0.25, 0.3) is 0 Å². The summed E-state index contributed by atoms with van der Waals surface area (Å²) in [6, 6.07) is 0. The number of hydrogen-bond donors (Lipinski definition) is 2. The fourth-order valence-electron chi connectivity index (χ4n) is 1.82. The first-order chi connectivity index (χ1) is 10.7. The minimum atomic E-state index is -4.00. The number of rotatable bonds is 13. The second kappa shape index (κ2) is 19.6. The van der Waals surface area contributed by atoms with Gasteiger partial charge in [0.2, 0.25) is 0 Å². The molecule has 9 heteroatoms. The van der Waals surface area contributed by atoms with Crippen LogP contribution in [0.4, 0.5) is 0 Å². The number of carbonyl (C=O) groups is 1. The van der Waals surface area contributed by atoms with Crippen molar-refractivity contribution < 1.29 is 57.5 Å². The Bertz CT molecular complexity index is 378. The molecule has 1 unspecified atom stereocenters. The molecule has 0 fully saturated rings. The minimum Gasteiger partial charge on any atom is -0.748 e.